The number of nitrogens with one attached hydrogen (secondary N) is 2. The van der Waals surface area contributed by atoms with E-state index in [0.717, 1.165) is 43.9 Å². The molecule has 7 nitrogen and oxygen atoms in total. The van der Waals surface area contributed by atoms with Crippen LogP contribution in [0, 0.1) is 0 Å². The highest BCUT2D eigenvalue weighted by Gasteiger charge is 1.99. The molecule has 0 bridgehead atoms. The topological polar surface area (TPSA) is 77.0 Å². The summed E-state index contributed by atoms with van der Waals surface area (Å²) in [6, 6.07) is 3.88. The van der Waals surface area contributed by atoms with Crippen molar-refractivity contribution in [1.82, 2.24) is 15.6 Å². The first-order valence-electron chi connectivity index (χ1n) is 10.1. The number of guanidine groups is 1. The Morgan fingerprint density at radius 3 is 2.39 bits per heavy atom. The van der Waals surface area contributed by atoms with Crippen molar-refractivity contribution in [2.24, 2.45) is 4.99 Å². The highest BCUT2D eigenvalue weighted by molar-refractivity contribution is 14.0. The third kappa shape index (κ3) is 14.0. The molecule has 0 saturated carbocycles. The standard InChI is InChI=1S/C20H36N4O3.HI/c1-4-7-12-25-14-15-26-13-10-22-20(21-6-3)24-17-18-8-9-19(23-16-18)27-11-5-2;/h8-9,16H,4-7,10-15,17H2,1-3H3,(H2,21,22,24);1H. The summed E-state index contributed by atoms with van der Waals surface area (Å²) in [4.78, 5) is 8.88. The maximum Gasteiger partial charge on any atom is 0.213 e. The van der Waals surface area contributed by atoms with E-state index in [0.29, 0.717) is 45.4 Å². The van der Waals surface area contributed by atoms with E-state index >= 15 is 0 Å². The van der Waals surface area contributed by atoms with Crippen molar-refractivity contribution in [3.05, 3.63) is 23.9 Å². The largest absolute Gasteiger partial charge is 0.478 e. The lowest BCUT2D eigenvalue weighted by Crippen LogP contribution is -2.39. The van der Waals surface area contributed by atoms with Crippen LogP contribution in [0.25, 0.3) is 0 Å². The van der Waals surface area contributed by atoms with Crippen LogP contribution in [-0.4, -0.2) is 57.1 Å². The molecule has 28 heavy (non-hydrogen) atoms. The van der Waals surface area contributed by atoms with E-state index in [4.69, 9.17) is 14.2 Å². The van der Waals surface area contributed by atoms with Crippen LogP contribution in [0.5, 0.6) is 5.88 Å². The van der Waals surface area contributed by atoms with Gasteiger partial charge in [-0.3, -0.25) is 0 Å². The molecule has 0 spiro atoms. The van der Waals surface area contributed by atoms with E-state index < -0.39 is 0 Å². The van der Waals surface area contributed by atoms with E-state index in [-0.39, 0.29) is 24.0 Å². The van der Waals surface area contributed by atoms with Gasteiger partial charge in [0, 0.05) is 32.0 Å². The molecule has 0 amide bonds. The second kappa shape index (κ2) is 19.2. The van der Waals surface area contributed by atoms with Crippen LogP contribution < -0.4 is 15.4 Å². The number of aromatic nitrogens is 1. The monoisotopic (exact) mass is 508 g/mol. The first-order chi connectivity index (χ1) is 13.3. The van der Waals surface area contributed by atoms with Crippen molar-refractivity contribution in [2.45, 2.75) is 46.6 Å². The molecule has 1 aromatic heterocycles. The maximum atomic E-state index is 5.56. The number of pyridine rings is 1. The number of aliphatic imine (C=N–C) groups is 1. The van der Waals surface area contributed by atoms with Crippen molar-refractivity contribution >= 4 is 29.9 Å². The smallest absolute Gasteiger partial charge is 0.213 e. The zero-order valence-corrected chi connectivity index (χ0v) is 19.9. The Hall–Kier alpha value is -1.13. The highest BCUT2D eigenvalue weighted by Crippen LogP contribution is 2.08. The minimum atomic E-state index is 0. The summed E-state index contributed by atoms with van der Waals surface area (Å²) < 4.78 is 16.5. The molecule has 0 atom stereocenters. The average Bonchev–Trinajstić information content (AvgIpc) is 2.70. The Balaban J connectivity index is 0.00000729. The highest BCUT2D eigenvalue weighted by atomic mass is 127. The van der Waals surface area contributed by atoms with E-state index in [1.807, 2.05) is 19.1 Å². The molecule has 0 fully saturated rings. The fourth-order valence-corrected chi connectivity index (χ4v) is 2.12. The van der Waals surface area contributed by atoms with Crippen LogP contribution in [0.1, 0.15) is 45.6 Å². The van der Waals surface area contributed by atoms with Crippen LogP contribution in [0.2, 0.25) is 0 Å². The van der Waals surface area contributed by atoms with Gasteiger partial charge in [0.2, 0.25) is 5.88 Å². The normalized spacial score (nSPS) is 11.0. The van der Waals surface area contributed by atoms with Crippen molar-refractivity contribution in [1.29, 1.82) is 0 Å². The molecule has 0 aliphatic carbocycles. The fraction of sp³-hybridized carbons (Fsp3) is 0.700. The summed E-state index contributed by atoms with van der Waals surface area (Å²) in [6.07, 6.45) is 5.04. The molecule has 2 N–H and O–H groups in total. The van der Waals surface area contributed by atoms with Gasteiger partial charge in [-0.1, -0.05) is 26.3 Å². The molecule has 0 saturated heterocycles. The summed E-state index contributed by atoms with van der Waals surface area (Å²) in [6.45, 7) is 11.7. The molecule has 1 rings (SSSR count). The number of ether oxygens (including phenoxy) is 3. The summed E-state index contributed by atoms with van der Waals surface area (Å²) in [5.41, 5.74) is 1.04. The molecule has 1 aromatic rings. The molecule has 0 aromatic carbocycles. The molecule has 162 valence electrons. The Labute approximate surface area is 187 Å². The number of nitrogens with zero attached hydrogens (tertiary/aromatic N) is 2. The van der Waals surface area contributed by atoms with Crippen molar-refractivity contribution in [3.63, 3.8) is 0 Å². The maximum absolute atomic E-state index is 5.56. The summed E-state index contributed by atoms with van der Waals surface area (Å²) in [5.74, 6) is 1.43. The van der Waals surface area contributed by atoms with Gasteiger partial charge in [0.05, 0.1) is 33.0 Å². The number of hydrogen-bond acceptors (Lipinski definition) is 5. The van der Waals surface area contributed by atoms with Gasteiger partial charge in [-0.25, -0.2) is 9.98 Å². The molecule has 0 aliphatic heterocycles. The summed E-state index contributed by atoms with van der Waals surface area (Å²) >= 11 is 0. The molecule has 1 heterocycles. The van der Waals surface area contributed by atoms with Gasteiger partial charge in [0.25, 0.3) is 0 Å². The van der Waals surface area contributed by atoms with E-state index in [9.17, 15) is 0 Å². The molecular weight excluding hydrogens is 471 g/mol. The van der Waals surface area contributed by atoms with Crippen LogP contribution in [0.15, 0.2) is 23.3 Å². The van der Waals surface area contributed by atoms with Crippen LogP contribution in [0.4, 0.5) is 0 Å². The van der Waals surface area contributed by atoms with E-state index in [1.54, 1.807) is 6.20 Å². The first kappa shape index (κ1) is 26.9. The van der Waals surface area contributed by atoms with Gasteiger partial charge >= 0.3 is 0 Å². The third-order valence-electron chi connectivity index (χ3n) is 3.57. The predicted molar refractivity (Wildman–Crippen MR) is 125 cm³/mol. The Kier molecular flexibility index (Phi) is 18.4. The average molecular weight is 508 g/mol. The third-order valence-corrected chi connectivity index (χ3v) is 3.57. The minimum absolute atomic E-state index is 0. The molecule has 0 aliphatic rings. The number of hydrogen-bond donors (Lipinski definition) is 2. The summed E-state index contributed by atoms with van der Waals surface area (Å²) in [5, 5.41) is 6.50. The van der Waals surface area contributed by atoms with Gasteiger partial charge in [0.15, 0.2) is 5.96 Å². The Bertz CT molecular complexity index is 501. The zero-order valence-electron chi connectivity index (χ0n) is 17.5. The summed E-state index contributed by atoms with van der Waals surface area (Å²) in [7, 11) is 0. The fourth-order valence-electron chi connectivity index (χ4n) is 2.12. The predicted octanol–water partition coefficient (Wildman–Crippen LogP) is 3.38. The lowest BCUT2D eigenvalue weighted by atomic mass is 10.3. The number of rotatable bonds is 15. The molecule has 0 radical (unpaired) electrons. The molecule has 8 heteroatoms. The molecule has 0 unspecified atom stereocenters. The van der Waals surface area contributed by atoms with Crippen LogP contribution in [-0.2, 0) is 16.0 Å². The first-order valence-corrected chi connectivity index (χ1v) is 10.1. The second-order valence-corrected chi connectivity index (χ2v) is 6.05. The zero-order chi connectivity index (χ0) is 19.6. The Morgan fingerprint density at radius 2 is 1.75 bits per heavy atom. The van der Waals surface area contributed by atoms with Gasteiger partial charge in [0.1, 0.15) is 0 Å². The molecular formula is C20H37IN4O3. The lowest BCUT2D eigenvalue weighted by molar-refractivity contribution is 0.0487. The van der Waals surface area contributed by atoms with E-state index in [2.05, 4.69) is 34.5 Å². The minimum Gasteiger partial charge on any atom is -0.478 e. The number of halogens is 1. The SMILES string of the molecule is CCCCOCCOCCNC(=NCc1ccc(OCCC)nc1)NCC.I. The van der Waals surface area contributed by atoms with Crippen LogP contribution >= 0.6 is 24.0 Å². The van der Waals surface area contributed by atoms with E-state index in [1.165, 1.54) is 0 Å². The van der Waals surface area contributed by atoms with Crippen molar-refractivity contribution in [2.75, 3.05) is 46.1 Å². The van der Waals surface area contributed by atoms with Gasteiger partial charge in [-0.05, 0) is 25.3 Å². The van der Waals surface area contributed by atoms with Gasteiger partial charge < -0.3 is 24.8 Å². The quantitative estimate of drug-likeness (QED) is 0.164. The lowest BCUT2D eigenvalue weighted by Gasteiger charge is -2.12. The van der Waals surface area contributed by atoms with Crippen molar-refractivity contribution in [3.8, 4) is 5.88 Å². The van der Waals surface area contributed by atoms with Gasteiger partial charge in [-0.2, -0.15) is 0 Å². The van der Waals surface area contributed by atoms with Crippen LogP contribution in [0.3, 0.4) is 0 Å². The Morgan fingerprint density at radius 1 is 0.964 bits per heavy atom. The second-order valence-electron chi connectivity index (χ2n) is 6.05. The van der Waals surface area contributed by atoms with Gasteiger partial charge in [-0.15, -0.1) is 24.0 Å². The van der Waals surface area contributed by atoms with Crippen molar-refractivity contribution < 1.29 is 14.2 Å². The number of unbranched alkanes of at least 4 members (excludes halogenated alkanes) is 1.